The number of hydrogen-bond acceptors (Lipinski definition) is 3. The zero-order valence-electron chi connectivity index (χ0n) is 20.4. The number of benzene rings is 3. The van der Waals surface area contributed by atoms with Crippen LogP contribution in [0.2, 0.25) is 0 Å². The van der Waals surface area contributed by atoms with E-state index in [-0.39, 0.29) is 18.1 Å². The lowest BCUT2D eigenvalue weighted by atomic mass is 10.1. The van der Waals surface area contributed by atoms with Crippen molar-refractivity contribution < 1.29 is 9.53 Å². The summed E-state index contributed by atoms with van der Waals surface area (Å²) >= 11 is 0. The Labute approximate surface area is 205 Å². The minimum Gasteiger partial charge on any atom is -0.497 e. The molecule has 2 N–H and O–H groups in total. The smallest absolute Gasteiger partial charge is 0.322 e. The summed E-state index contributed by atoms with van der Waals surface area (Å²) in [6, 6.07) is 23.1. The third-order valence-electron chi connectivity index (χ3n) is 6.14. The van der Waals surface area contributed by atoms with Gasteiger partial charge in [0.25, 0.3) is 5.56 Å². The highest BCUT2D eigenvalue weighted by Gasteiger charge is 2.17. The first-order chi connectivity index (χ1) is 16.9. The molecule has 0 bridgehead atoms. The van der Waals surface area contributed by atoms with Gasteiger partial charge in [-0.25, -0.2) is 4.79 Å². The van der Waals surface area contributed by atoms with Crippen LogP contribution in [0.5, 0.6) is 5.75 Å². The van der Waals surface area contributed by atoms with Crippen LogP contribution in [-0.2, 0) is 19.4 Å². The number of methoxy groups -OCH3 is 1. The largest absolute Gasteiger partial charge is 0.497 e. The van der Waals surface area contributed by atoms with Gasteiger partial charge in [0.2, 0.25) is 0 Å². The van der Waals surface area contributed by atoms with Crippen LogP contribution in [0.25, 0.3) is 10.9 Å². The lowest BCUT2D eigenvalue weighted by Crippen LogP contribution is -2.37. The topological polar surface area (TPSA) is 74.4 Å². The van der Waals surface area contributed by atoms with Gasteiger partial charge in [-0.2, -0.15) is 0 Å². The van der Waals surface area contributed by atoms with Crippen LogP contribution in [0.15, 0.2) is 77.6 Å². The molecule has 0 radical (unpaired) electrons. The van der Waals surface area contributed by atoms with E-state index in [2.05, 4.69) is 48.4 Å². The summed E-state index contributed by atoms with van der Waals surface area (Å²) in [7, 11) is 1.60. The predicted octanol–water partition coefficient (Wildman–Crippen LogP) is 5.68. The summed E-state index contributed by atoms with van der Waals surface area (Å²) in [5.74, 6) is 0.716. The maximum atomic E-state index is 13.3. The summed E-state index contributed by atoms with van der Waals surface area (Å²) < 4.78 is 5.20. The number of carbonyl (C=O) groups is 1. The molecule has 6 nitrogen and oxygen atoms in total. The quantitative estimate of drug-likeness (QED) is 0.348. The Morgan fingerprint density at radius 2 is 1.80 bits per heavy atom. The monoisotopic (exact) mass is 469 g/mol. The Balaban J connectivity index is 1.60. The number of aryl methyl sites for hydroxylation is 2. The number of nitrogens with one attached hydrogen (secondary N) is 2. The number of aromatic amines is 1. The van der Waals surface area contributed by atoms with Crippen molar-refractivity contribution in [1.82, 2.24) is 9.88 Å². The highest BCUT2D eigenvalue weighted by molar-refractivity contribution is 5.89. The van der Waals surface area contributed by atoms with E-state index in [4.69, 9.17) is 4.74 Å². The summed E-state index contributed by atoms with van der Waals surface area (Å²) in [4.78, 5) is 30.8. The number of amides is 2. The summed E-state index contributed by atoms with van der Waals surface area (Å²) in [5, 5.41) is 3.92. The first-order valence-electron chi connectivity index (χ1n) is 11.9. The molecule has 0 saturated heterocycles. The number of urea groups is 1. The first-order valence-corrected chi connectivity index (χ1v) is 11.9. The maximum absolute atomic E-state index is 13.3. The molecule has 2 amide bonds. The molecule has 35 heavy (non-hydrogen) atoms. The highest BCUT2D eigenvalue weighted by atomic mass is 16.5. The predicted molar refractivity (Wildman–Crippen MR) is 141 cm³/mol. The van der Waals surface area contributed by atoms with Crippen molar-refractivity contribution in [3.63, 3.8) is 0 Å². The fourth-order valence-corrected chi connectivity index (χ4v) is 4.11. The molecule has 4 rings (SSSR count). The minimum atomic E-state index is -0.260. The molecule has 0 fully saturated rings. The molecule has 0 saturated carbocycles. The average molecular weight is 470 g/mol. The summed E-state index contributed by atoms with van der Waals surface area (Å²) in [6.07, 6.45) is 1.60. The van der Waals surface area contributed by atoms with Gasteiger partial charge in [-0.1, -0.05) is 42.8 Å². The first kappa shape index (κ1) is 24.1. The van der Waals surface area contributed by atoms with Gasteiger partial charge in [-0.3, -0.25) is 4.79 Å². The van der Waals surface area contributed by atoms with Crippen LogP contribution in [0, 0.1) is 6.92 Å². The third kappa shape index (κ3) is 6.09. The Hall–Kier alpha value is -4.06. The number of rotatable bonds is 8. The average Bonchev–Trinajstić information content (AvgIpc) is 2.87. The number of hydrogen-bond donors (Lipinski definition) is 2. The van der Waals surface area contributed by atoms with E-state index in [0.717, 1.165) is 22.9 Å². The van der Waals surface area contributed by atoms with Crippen LogP contribution in [0.4, 0.5) is 10.5 Å². The van der Waals surface area contributed by atoms with Crippen LogP contribution < -0.4 is 15.6 Å². The van der Waals surface area contributed by atoms with Crippen LogP contribution in [0.1, 0.15) is 29.2 Å². The van der Waals surface area contributed by atoms with Gasteiger partial charge >= 0.3 is 6.03 Å². The Morgan fingerprint density at radius 3 is 2.51 bits per heavy atom. The van der Waals surface area contributed by atoms with E-state index in [1.54, 1.807) is 36.3 Å². The number of carbonyl (C=O) groups excluding carboxylic acids is 1. The zero-order valence-corrected chi connectivity index (χ0v) is 20.4. The van der Waals surface area contributed by atoms with Crippen molar-refractivity contribution in [1.29, 1.82) is 0 Å². The summed E-state index contributed by atoms with van der Waals surface area (Å²) in [5.41, 5.74) is 5.35. The maximum Gasteiger partial charge on any atom is 0.322 e. The number of ether oxygens (including phenoxy) is 1. The van der Waals surface area contributed by atoms with E-state index in [0.29, 0.717) is 30.0 Å². The highest BCUT2D eigenvalue weighted by Crippen LogP contribution is 2.18. The molecule has 4 aromatic rings. The van der Waals surface area contributed by atoms with Crippen molar-refractivity contribution in [3.8, 4) is 5.75 Å². The number of nitrogens with zero attached hydrogens (tertiary/aromatic N) is 1. The Kier molecular flexibility index (Phi) is 7.51. The van der Waals surface area contributed by atoms with Crippen molar-refractivity contribution in [3.05, 3.63) is 105 Å². The molecule has 0 aliphatic rings. The lowest BCUT2D eigenvalue weighted by Gasteiger charge is -2.23. The number of fused-ring (bicyclic) bond motifs is 1. The van der Waals surface area contributed by atoms with Gasteiger partial charge in [0.05, 0.1) is 13.7 Å². The van der Waals surface area contributed by atoms with Crippen molar-refractivity contribution >= 4 is 22.6 Å². The van der Waals surface area contributed by atoms with Crippen LogP contribution >= 0.6 is 0 Å². The third-order valence-corrected chi connectivity index (χ3v) is 6.14. The van der Waals surface area contributed by atoms with Gasteiger partial charge in [0.15, 0.2) is 0 Å². The molecular formula is C29H31N3O3. The molecular weight excluding hydrogens is 438 g/mol. The van der Waals surface area contributed by atoms with Crippen molar-refractivity contribution in [2.75, 3.05) is 19.0 Å². The Bertz CT molecular complexity index is 1380. The molecule has 1 aromatic heterocycles. The van der Waals surface area contributed by atoms with Crippen molar-refractivity contribution in [2.45, 2.75) is 33.2 Å². The van der Waals surface area contributed by atoms with Gasteiger partial charge in [0, 0.05) is 23.3 Å². The van der Waals surface area contributed by atoms with Crippen molar-refractivity contribution in [2.24, 2.45) is 0 Å². The van der Waals surface area contributed by atoms with Gasteiger partial charge in [-0.05, 0) is 78.7 Å². The zero-order chi connectivity index (χ0) is 24.8. The minimum absolute atomic E-state index is 0.181. The molecule has 6 heteroatoms. The van der Waals surface area contributed by atoms with E-state index in [1.165, 1.54) is 11.1 Å². The molecule has 180 valence electrons. The lowest BCUT2D eigenvalue weighted by molar-refractivity contribution is 0.209. The number of pyridine rings is 1. The molecule has 0 spiro atoms. The second-order valence-electron chi connectivity index (χ2n) is 8.72. The fourth-order valence-electron chi connectivity index (χ4n) is 4.11. The van der Waals surface area contributed by atoms with E-state index < -0.39 is 0 Å². The normalized spacial score (nSPS) is 10.8. The SMILES string of the molecule is CCc1ccc2[nH]c(=O)c(CN(CCc3cccc(C)c3)C(=O)Nc3ccc(OC)cc3)cc2c1. The van der Waals surface area contributed by atoms with Crippen LogP contribution in [0.3, 0.4) is 0 Å². The fraction of sp³-hybridized carbons (Fsp3) is 0.241. The summed E-state index contributed by atoms with van der Waals surface area (Å²) in [6.45, 7) is 4.83. The van der Waals surface area contributed by atoms with Gasteiger partial charge in [-0.15, -0.1) is 0 Å². The van der Waals surface area contributed by atoms with E-state index >= 15 is 0 Å². The molecule has 0 unspecified atom stereocenters. The molecule has 0 atom stereocenters. The molecule has 0 aliphatic carbocycles. The Morgan fingerprint density at radius 1 is 1.00 bits per heavy atom. The number of aromatic nitrogens is 1. The molecule has 0 aliphatic heterocycles. The van der Waals surface area contributed by atoms with E-state index in [1.807, 2.05) is 24.3 Å². The van der Waals surface area contributed by atoms with Gasteiger partial charge < -0.3 is 19.9 Å². The van der Waals surface area contributed by atoms with Gasteiger partial charge in [0.1, 0.15) is 5.75 Å². The van der Waals surface area contributed by atoms with E-state index in [9.17, 15) is 9.59 Å². The second-order valence-corrected chi connectivity index (χ2v) is 8.72. The number of anilines is 1. The molecule has 1 heterocycles. The standard InChI is InChI=1S/C29H31N3O3/c1-4-21-8-13-27-23(17-21)18-24(28(33)31-27)19-32(15-14-22-7-5-6-20(2)16-22)29(34)30-25-9-11-26(35-3)12-10-25/h5-13,16-18H,4,14-15,19H2,1-3H3,(H,30,34)(H,31,33). The molecule has 3 aromatic carbocycles. The number of H-pyrrole nitrogens is 1. The second kappa shape index (κ2) is 10.9. The van der Waals surface area contributed by atoms with Crippen LogP contribution in [-0.4, -0.2) is 29.6 Å².